The lowest BCUT2D eigenvalue weighted by Crippen LogP contribution is -2.26. The van der Waals surface area contributed by atoms with E-state index in [4.69, 9.17) is 0 Å². The van der Waals surface area contributed by atoms with Crippen molar-refractivity contribution in [3.05, 3.63) is 97.1 Å². The van der Waals surface area contributed by atoms with Crippen molar-refractivity contribution in [3.8, 4) is 0 Å². The lowest BCUT2D eigenvalue weighted by Gasteiger charge is -2.26. The van der Waals surface area contributed by atoms with Gasteiger partial charge in [0.25, 0.3) is 0 Å². The fraction of sp³-hybridized carbons (Fsp3) is 0.308. The van der Waals surface area contributed by atoms with Crippen molar-refractivity contribution < 1.29 is 0 Å². The molecule has 0 radical (unpaired) electrons. The molecule has 6 rings (SSSR count). The molecule has 0 spiro atoms. The van der Waals surface area contributed by atoms with Gasteiger partial charge >= 0.3 is 0 Å². The van der Waals surface area contributed by atoms with Gasteiger partial charge in [0.05, 0.1) is 12.7 Å². The maximum absolute atomic E-state index is 4.07. The highest BCUT2D eigenvalue weighted by molar-refractivity contribution is 5.53. The van der Waals surface area contributed by atoms with E-state index in [0.717, 1.165) is 39.0 Å². The number of nitrogens with one attached hydrogen (secondary N) is 2. The van der Waals surface area contributed by atoms with Gasteiger partial charge in [-0.1, -0.05) is 36.4 Å². The van der Waals surface area contributed by atoms with Crippen molar-refractivity contribution in [1.29, 1.82) is 0 Å². The lowest BCUT2D eigenvalue weighted by atomic mass is 9.94. The maximum atomic E-state index is 4.07. The van der Waals surface area contributed by atoms with Crippen LogP contribution in [0.2, 0.25) is 0 Å². The summed E-state index contributed by atoms with van der Waals surface area (Å²) in [6.45, 7) is 4.19. The van der Waals surface area contributed by atoms with Crippen molar-refractivity contribution in [1.82, 2.24) is 19.1 Å². The normalized spacial score (nSPS) is 18.9. The van der Waals surface area contributed by atoms with E-state index < -0.39 is 0 Å². The van der Waals surface area contributed by atoms with Gasteiger partial charge in [-0.2, -0.15) is 0 Å². The molecule has 2 N–H and O–H groups in total. The van der Waals surface area contributed by atoms with Gasteiger partial charge in [0.2, 0.25) is 0 Å². The highest BCUT2D eigenvalue weighted by Crippen LogP contribution is 2.26. The zero-order valence-electron chi connectivity index (χ0n) is 18.3. The van der Waals surface area contributed by atoms with Crippen molar-refractivity contribution in [2.45, 2.75) is 25.9 Å². The first-order valence-electron chi connectivity index (χ1n) is 11.4. The quantitative estimate of drug-likeness (QED) is 0.510. The van der Waals surface area contributed by atoms with Crippen LogP contribution in [0.4, 0.5) is 11.4 Å². The molecule has 0 aliphatic carbocycles. The van der Waals surface area contributed by atoms with Crippen LogP contribution in [0.5, 0.6) is 0 Å². The molecule has 2 aliphatic rings. The topological polar surface area (TPSA) is 59.7 Å². The highest BCUT2D eigenvalue weighted by atomic mass is 15.0. The highest BCUT2D eigenvalue weighted by Gasteiger charge is 2.18. The number of hydrogen-bond acceptors (Lipinski definition) is 4. The Morgan fingerprint density at radius 2 is 1.16 bits per heavy atom. The van der Waals surface area contributed by atoms with Crippen LogP contribution in [0.15, 0.2) is 86.0 Å². The van der Waals surface area contributed by atoms with Crippen LogP contribution in [0.1, 0.15) is 11.1 Å². The number of fused-ring (bicyclic) bond motifs is 2. The molecule has 6 nitrogen and oxygen atoms in total. The van der Waals surface area contributed by atoms with Crippen molar-refractivity contribution in [2.75, 3.05) is 23.7 Å². The summed E-state index contributed by atoms with van der Waals surface area (Å²) in [7, 11) is 0. The minimum atomic E-state index is 0.657. The summed E-state index contributed by atoms with van der Waals surface area (Å²) in [5, 5.41) is 6.98. The summed E-state index contributed by atoms with van der Waals surface area (Å²) < 4.78 is 4.31. The Hall–Kier alpha value is -3.54. The summed E-state index contributed by atoms with van der Waals surface area (Å²) >= 11 is 0. The minimum absolute atomic E-state index is 0.657. The summed E-state index contributed by atoms with van der Waals surface area (Å²) in [6.07, 6.45) is 13.8. The molecule has 0 amide bonds. The third-order valence-corrected chi connectivity index (χ3v) is 6.27. The third kappa shape index (κ3) is 5.02. The zero-order chi connectivity index (χ0) is 21.6. The Bertz CT molecular complexity index is 1010. The number of benzene rings is 2. The average molecular weight is 427 g/mol. The fourth-order valence-electron chi connectivity index (χ4n) is 4.66. The molecular weight excluding hydrogens is 396 g/mol. The van der Waals surface area contributed by atoms with Crippen LogP contribution < -0.4 is 10.6 Å². The number of rotatable bonds is 4. The number of imidazole rings is 2. The van der Waals surface area contributed by atoms with Crippen molar-refractivity contribution in [2.24, 2.45) is 11.8 Å². The van der Waals surface area contributed by atoms with Gasteiger partial charge in [-0.25, -0.2) is 9.97 Å². The van der Waals surface area contributed by atoms with Crippen LogP contribution in [0, 0.1) is 11.8 Å². The van der Waals surface area contributed by atoms with Gasteiger partial charge in [0.1, 0.15) is 0 Å². The Balaban J connectivity index is 0.000000135. The van der Waals surface area contributed by atoms with Crippen molar-refractivity contribution >= 4 is 11.4 Å². The molecule has 0 fully saturated rings. The van der Waals surface area contributed by atoms with Crippen LogP contribution in [0.3, 0.4) is 0 Å². The monoisotopic (exact) mass is 426 g/mol. The van der Waals surface area contributed by atoms with E-state index in [1.165, 1.54) is 22.5 Å². The molecule has 4 heterocycles. The van der Waals surface area contributed by atoms with E-state index in [1.54, 1.807) is 0 Å². The first-order chi connectivity index (χ1) is 15.8. The number of para-hydroxylation sites is 2. The predicted molar refractivity (Wildman–Crippen MR) is 129 cm³/mol. The van der Waals surface area contributed by atoms with Crippen LogP contribution >= 0.6 is 0 Å². The standard InChI is InChI=1S/2C13H15N3/c2*1-2-4-13-12(3-1)7-11(8-15-13)9-16-6-5-14-10-16/h2*1-6,10-11,15H,7-9H2/t11-;/m1./s1. The van der Waals surface area contributed by atoms with E-state index in [9.17, 15) is 0 Å². The average Bonchev–Trinajstić information content (AvgIpc) is 3.54. The summed E-state index contributed by atoms with van der Waals surface area (Å²) in [5.41, 5.74) is 5.45. The molecule has 32 heavy (non-hydrogen) atoms. The lowest BCUT2D eigenvalue weighted by molar-refractivity contribution is 0.452. The van der Waals surface area contributed by atoms with Crippen LogP contribution in [0.25, 0.3) is 0 Å². The second-order valence-corrected chi connectivity index (χ2v) is 8.74. The van der Waals surface area contributed by atoms with E-state index in [0.29, 0.717) is 11.8 Å². The largest absolute Gasteiger partial charge is 0.384 e. The Morgan fingerprint density at radius 1 is 0.688 bits per heavy atom. The van der Waals surface area contributed by atoms with Gasteiger partial charge in [-0.3, -0.25) is 0 Å². The van der Waals surface area contributed by atoms with Gasteiger partial charge in [-0.05, 0) is 47.9 Å². The number of hydrogen-bond donors (Lipinski definition) is 2. The molecule has 164 valence electrons. The first-order valence-corrected chi connectivity index (χ1v) is 11.4. The maximum Gasteiger partial charge on any atom is 0.0946 e. The van der Waals surface area contributed by atoms with E-state index in [-0.39, 0.29) is 0 Å². The number of aromatic nitrogens is 4. The molecule has 4 aromatic rings. The molecule has 0 bridgehead atoms. The Kier molecular flexibility index (Phi) is 6.19. The third-order valence-electron chi connectivity index (χ3n) is 6.27. The zero-order valence-corrected chi connectivity index (χ0v) is 18.3. The van der Waals surface area contributed by atoms with E-state index in [1.807, 2.05) is 37.4 Å². The minimum Gasteiger partial charge on any atom is -0.384 e. The molecular formula is C26H30N6. The van der Waals surface area contributed by atoms with Gasteiger partial charge < -0.3 is 19.8 Å². The fourth-order valence-corrected chi connectivity index (χ4v) is 4.66. The van der Waals surface area contributed by atoms with Gasteiger partial charge in [-0.15, -0.1) is 0 Å². The molecule has 2 aliphatic heterocycles. The Morgan fingerprint density at radius 3 is 1.59 bits per heavy atom. The van der Waals surface area contributed by atoms with Gasteiger partial charge in [0, 0.05) is 62.3 Å². The summed E-state index contributed by atoms with van der Waals surface area (Å²) in [4.78, 5) is 8.15. The molecule has 0 saturated carbocycles. The van der Waals surface area contributed by atoms with E-state index in [2.05, 4.69) is 78.3 Å². The molecule has 0 saturated heterocycles. The molecule has 2 aromatic heterocycles. The molecule has 6 heteroatoms. The second-order valence-electron chi connectivity index (χ2n) is 8.74. The molecule has 2 aromatic carbocycles. The van der Waals surface area contributed by atoms with Crippen molar-refractivity contribution in [3.63, 3.8) is 0 Å². The predicted octanol–water partition coefficient (Wildman–Crippen LogP) is 4.34. The SMILES string of the molecule is c1ccc2c(c1)CC(Cn1ccnc1)CN2.c1ccc2c(c1)C[C@@H](Cn1ccnc1)CN2. The molecule has 1 unspecified atom stereocenters. The number of anilines is 2. The smallest absolute Gasteiger partial charge is 0.0946 e. The summed E-state index contributed by atoms with van der Waals surface area (Å²) in [6, 6.07) is 17.1. The number of nitrogens with zero attached hydrogens (tertiary/aromatic N) is 4. The van der Waals surface area contributed by atoms with Crippen LogP contribution in [-0.2, 0) is 25.9 Å². The molecule has 2 atom stereocenters. The summed E-state index contributed by atoms with van der Waals surface area (Å²) in [5.74, 6) is 1.31. The second kappa shape index (κ2) is 9.73. The Labute approximate surface area is 189 Å². The van der Waals surface area contributed by atoms with Gasteiger partial charge in [0.15, 0.2) is 0 Å². The van der Waals surface area contributed by atoms with Crippen LogP contribution in [-0.4, -0.2) is 32.2 Å². The first kappa shape index (κ1) is 20.4. The van der Waals surface area contributed by atoms with E-state index >= 15 is 0 Å².